The number of benzene rings is 2. The molecule has 3 aromatic rings. The molecule has 132 valence electrons. The average Bonchev–Trinajstić information content (AvgIpc) is 3.28. The minimum absolute atomic E-state index is 0.0822. The van der Waals surface area contributed by atoms with Crippen molar-refractivity contribution in [3.8, 4) is 5.69 Å². The lowest BCUT2D eigenvalue weighted by Crippen LogP contribution is -2.35. The van der Waals surface area contributed by atoms with E-state index in [2.05, 4.69) is 21.6 Å². The zero-order valence-electron chi connectivity index (χ0n) is 14.7. The lowest BCUT2D eigenvalue weighted by atomic mass is 10.2. The number of rotatable bonds is 4. The van der Waals surface area contributed by atoms with E-state index >= 15 is 0 Å². The van der Waals surface area contributed by atoms with Crippen LogP contribution < -0.4 is 4.90 Å². The first-order valence-corrected chi connectivity index (χ1v) is 9.43. The summed E-state index contributed by atoms with van der Waals surface area (Å²) in [7, 11) is 0. The second-order valence-corrected chi connectivity index (χ2v) is 7.65. The van der Waals surface area contributed by atoms with E-state index in [9.17, 15) is 4.79 Å². The molecule has 0 aliphatic carbocycles. The van der Waals surface area contributed by atoms with Crippen LogP contribution in [0, 0.1) is 6.92 Å². The molecule has 0 saturated carbocycles. The number of para-hydroxylation sites is 1. The van der Waals surface area contributed by atoms with Crippen molar-refractivity contribution in [2.75, 3.05) is 11.4 Å². The van der Waals surface area contributed by atoms with Crippen molar-refractivity contribution in [3.05, 3.63) is 59.7 Å². The molecule has 26 heavy (non-hydrogen) atoms. The Labute approximate surface area is 156 Å². The summed E-state index contributed by atoms with van der Waals surface area (Å²) in [6.45, 7) is 4.66. The Bertz CT molecular complexity index is 954. The quantitative estimate of drug-likeness (QED) is 0.665. The van der Waals surface area contributed by atoms with Gasteiger partial charge in [-0.1, -0.05) is 42.1 Å². The molecule has 1 aliphatic heterocycles. The van der Waals surface area contributed by atoms with Crippen LogP contribution in [-0.2, 0) is 11.2 Å². The van der Waals surface area contributed by atoms with Crippen LogP contribution in [0.4, 0.5) is 5.69 Å². The third-order valence-corrected chi connectivity index (χ3v) is 5.49. The van der Waals surface area contributed by atoms with Crippen LogP contribution >= 0.6 is 11.8 Å². The Balaban J connectivity index is 1.54. The van der Waals surface area contributed by atoms with Crippen LogP contribution in [0.2, 0.25) is 0 Å². The minimum Gasteiger partial charge on any atom is -0.311 e. The standard InChI is InChI=1S/C19H19N5OS/c1-13-6-5-8-16(12-13)24-19(20-21-22-24)26-14(2)18(25)23-11-10-15-7-3-4-9-17(15)23/h3-9,12,14H,10-11H2,1-2H3. The Morgan fingerprint density at radius 1 is 1.19 bits per heavy atom. The van der Waals surface area contributed by atoms with E-state index < -0.39 is 0 Å². The molecule has 4 rings (SSSR count). The van der Waals surface area contributed by atoms with Crippen LogP contribution in [0.3, 0.4) is 0 Å². The summed E-state index contributed by atoms with van der Waals surface area (Å²) >= 11 is 1.38. The molecule has 2 heterocycles. The molecule has 2 aromatic carbocycles. The molecule has 0 bridgehead atoms. The molecule has 1 unspecified atom stereocenters. The Kier molecular flexibility index (Phi) is 4.46. The summed E-state index contributed by atoms with van der Waals surface area (Å²) in [6.07, 6.45) is 0.903. The van der Waals surface area contributed by atoms with Crippen molar-refractivity contribution in [3.63, 3.8) is 0 Å². The van der Waals surface area contributed by atoms with E-state index in [4.69, 9.17) is 0 Å². The highest BCUT2D eigenvalue weighted by Crippen LogP contribution is 2.31. The molecule has 0 spiro atoms. The molecule has 1 amide bonds. The number of fused-ring (bicyclic) bond motifs is 1. The lowest BCUT2D eigenvalue weighted by molar-refractivity contribution is -0.117. The number of carbonyl (C=O) groups is 1. The van der Waals surface area contributed by atoms with Gasteiger partial charge in [-0.2, -0.15) is 4.68 Å². The van der Waals surface area contributed by atoms with Gasteiger partial charge in [0.2, 0.25) is 11.1 Å². The fraction of sp³-hybridized carbons (Fsp3) is 0.263. The summed E-state index contributed by atoms with van der Waals surface area (Å²) < 4.78 is 1.68. The number of aryl methyl sites for hydroxylation is 1. The highest BCUT2D eigenvalue weighted by molar-refractivity contribution is 8.00. The van der Waals surface area contributed by atoms with Crippen molar-refractivity contribution in [1.29, 1.82) is 0 Å². The first-order valence-electron chi connectivity index (χ1n) is 8.55. The number of carbonyl (C=O) groups excluding carboxylic acids is 1. The van der Waals surface area contributed by atoms with Gasteiger partial charge in [0.05, 0.1) is 10.9 Å². The summed E-state index contributed by atoms with van der Waals surface area (Å²) in [5.41, 5.74) is 4.27. The van der Waals surface area contributed by atoms with Crippen molar-refractivity contribution in [1.82, 2.24) is 20.2 Å². The number of nitrogens with zero attached hydrogens (tertiary/aromatic N) is 5. The predicted octanol–water partition coefficient (Wildman–Crippen LogP) is 3.04. The molecule has 0 N–H and O–H groups in total. The molecule has 0 radical (unpaired) electrons. The molecule has 1 atom stereocenters. The fourth-order valence-electron chi connectivity index (χ4n) is 3.17. The fourth-order valence-corrected chi connectivity index (χ4v) is 4.04. The number of amides is 1. The number of tetrazole rings is 1. The van der Waals surface area contributed by atoms with Crippen LogP contribution in [0.1, 0.15) is 18.1 Å². The van der Waals surface area contributed by atoms with Gasteiger partial charge in [0, 0.05) is 12.2 Å². The Morgan fingerprint density at radius 2 is 2.04 bits per heavy atom. The highest BCUT2D eigenvalue weighted by atomic mass is 32.2. The maximum absolute atomic E-state index is 13.0. The number of anilines is 1. The zero-order valence-corrected chi connectivity index (χ0v) is 15.5. The third kappa shape index (κ3) is 3.10. The second-order valence-electron chi connectivity index (χ2n) is 6.34. The zero-order chi connectivity index (χ0) is 18.1. The Morgan fingerprint density at radius 3 is 2.88 bits per heavy atom. The van der Waals surface area contributed by atoms with E-state index in [0.717, 1.165) is 29.9 Å². The topological polar surface area (TPSA) is 63.9 Å². The third-order valence-electron chi connectivity index (χ3n) is 4.47. The SMILES string of the molecule is Cc1cccc(-n2nnnc2SC(C)C(=O)N2CCc3ccccc32)c1. The maximum atomic E-state index is 13.0. The number of hydrogen-bond acceptors (Lipinski definition) is 5. The van der Waals surface area contributed by atoms with Crippen molar-refractivity contribution >= 4 is 23.4 Å². The second kappa shape index (κ2) is 6.92. The van der Waals surface area contributed by atoms with Crippen LogP contribution in [0.25, 0.3) is 5.69 Å². The predicted molar refractivity (Wildman–Crippen MR) is 102 cm³/mol. The maximum Gasteiger partial charge on any atom is 0.240 e. The smallest absolute Gasteiger partial charge is 0.240 e. The number of hydrogen-bond donors (Lipinski definition) is 0. The van der Waals surface area contributed by atoms with E-state index in [1.807, 2.05) is 61.2 Å². The van der Waals surface area contributed by atoms with E-state index in [1.54, 1.807) is 4.68 Å². The van der Waals surface area contributed by atoms with Gasteiger partial charge in [-0.15, -0.1) is 5.10 Å². The van der Waals surface area contributed by atoms with Gasteiger partial charge in [-0.3, -0.25) is 4.79 Å². The van der Waals surface area contributed by atoms with Gasteiger partial charge in [0.1, 0.15) is 0 Å². The first kappa shape index (κ1) is 16.8. The van der Waals surface area contributed by atoms with E-state index in [-0.39, 0.29) is 11.2 Å². The van der Waals surface area contributed by atoms with Crippen LogP contribution in [0.15, 0.2) is 53.7 Å². The van der Waals surface area contributed by atoms with Gasteiger partial charge in [-0.25, -0.2) is 0 Å². The molecular weight excluding hydrogens is 346 g/mol. The molecule has 6 nitrogen and oxygen atoms in total. The van der Waals surface area contributed by atoms with Crippen LogP contribution in [-0.4, -0.2) is 37.9 Å². The van der Waals surface area contributed by atoms with Gasteiger partial charge in [0.15, 0.2) is 0 Å². The summed E-state index contributed by atoms with van der Waals surface area (Å²) in [5.74, 6) is 0.0822. The normalized spacial score (nSPS) is 14.3. The number of thioether (sulfide) groups is 1. The van der Waals surface area contributed by atoms with Gasteiger partial charge in [-0.05, 0) is 60.0 Å². The monoisotopic (exact) mass is 365 g/mol. The van der Waals surface area contributed by atoms with Crippen LogP contribution in [0.5, 0.6) is 0 Å². The number of aromatic nitrogens is 4. The molecule has 1 aliphatic rings. The highest BCUT2D eigenvalue weighted by Gasteiger charge is 2.29. The Hall–Kier alpha value is -2.67. The van der Waals surface area contributed by atoms with Gasteiger partial charge < -0.3 is 4.90 Å². The first-order chi connectivity index (χ1) is 12.6. The summed E-state index contributed by atoms with van der Waals surface area (Å²) in [5, 5.41) is 12.3. The molecule has 0 fully saturated rings. The summed E-state index contributed by atoms with van der Waals surface area (Å²) in [4.78, 5) is 14.8. The van der Waals surface area contributed by atoms with Crippen molar-refractivity contribution in [2.45, 2.75) is 30.7 Å². The largest absolute Gasteiger partial charge is 0.311 e. The molecule has 7 heteroatoms. The van der Waals surface area contributed by atoms with E-state index in [0.29, 0.717) is 5.16 Å². The molecular formula is C19H19N5OS. The molecule has 1 aromatic heterocycles. The van der Waals surface area contributed by atoms with Crippen molar-refractivity contribution < 1.29 is 4.79 Å². The average molecular weight is 365 g/mol. The van der Waals surface area contributed by atoms with E-state index in [1.165, 1.54) is 17.3 Å². The summed E-state index contributed by atoms with van der Waals surface area (Å²) in [6, 6.07) is 16.0. The van der Waals surface area contributed by atoms with Gasteiger partial charge in [0.25, 0.3) is 0 Å². The minimum atomic E-state index is -0.282. The van der Waals surface area contributed by atoms with Gasteiger partial charge >= 0.3 is 0 Å². The van der Waals surface area contributed by atoms with Crippen molar-refractivity contribution in [2.24, 2.45) is 0 Å². The molecule has 0 saturated heterocycles. The lowest BCUT2D eigenvalue weighted by Gasteiger charge is -2.21.